The van der Waals surface area contributed by atoms with E-state index in [9.17, 15) is 0 Å². The van der Waals surface area contributed by atoms with E-state index in [2.05, 4.69) is 43.8 Å². The average Bonchev–Trinajstić information content (AvgIpc) is 2.56. The van der Waals surface area contributed by atoms with Gasteiger partial charge >= 0.3 is 0 Å². The highest BCUT2D eigenvalue weighted by Gasteiger charge is 2.30. The summed E-state index contributed by atoms with van der Waals surface area (Å²) in [5.74, 6) is 3.66. The van der Waals surface area contributed by atoms with Gasteiger partial charge in [-0.3, -0.25) is 0 Å². The van der Waals surface area contributed by atoms with Crippen LogP contribution < -0.4 is 0 Å². The molecule has 2 fully saturated rings. The van der Waals surface area contributed by atoms with E-state index in [0.717, 1.165) is 23.7 Å². The molecule has 0 amide bonds. The fraction of sp³-hybridized carbons (Fsp3) is 0.636. The third kappa shape index (κ3) is 4.03. The summed E-state index contributed by atoms with van der Waals surface area (Å²) in [5, 5.41) is 0. The third-order valence-electron chi connectivity index (χ3n) is 6.14. The molecule has 0 bridgehead atoms. The Labute approximate surface area is 138 Å². The molecule has 0 radical (unpaired) electrons. The van der Waals surface area contributed by atoms with Crippen LogP contribution in [0.15, 0.2) is 36.9 Å². The van der Waals surface area contributed by atoms with Crippen LogP contribution in [-0.2, 0) is 0 Å². The zero-order valence-corrected chi connectivity index (χ0v) is 13.6. The Kier molecular flexibility index (Phi) is 6.29. The molecule has 0 unspecified atom stereocenters. The van der Waals surface area contributed by atoms with Gasteiger partial charge in [-0.1, -0.05) is 43.3 Å². The summed E-state index contributed by atoms with van der Waals surface area (Å²) in [6, 6.07) is 9.27. The molecule has 1 aromatic rings. The number of hydrogen-bond acceptors (Lipinski definition) is 0. The minimum absolute atomic E-state index is 0. The van der Waals surface area contributed by atoms with Gasteiger partial charge in [-0.25, -0.2) is 0 Å². The Hall–Kier alpha value is -1.04. The zero-order chi connectivity index (χ0) is 14.7. The predicted octanol–water partition coefficient (Wildman–Crippen LogP) is 6.90. The molecule has 3 rings (SSSR count). The Morgan fingerprint density at radius 1 is 0.818 bits per heavy atom. The molecule has 0 heteroatoms. The first-order chi connectivity index (χ1) is 10.3. The molecule has 0 spiro atoms. The van der Waals surface area contributed by atoms with Crippen LogP contribution in [0.25, 0.3) is 0 Å². The molecule has 0 heterocycles. The maximum absolute atomic E-state index is 3.97. The van der Waals surface area contributed by atoms with Crippen molar-refractivity contribution in [2.75, 3.05) is 0 Å². The van der Waals surface area contributed by atoms with E-state index in [-0.39, 0.29) is 7.43 Å². The van der Waals surface area contributed by atoms with Gasteiger partial charge in [-0.05, 0) is 87.5 Å². The molecule has 0 saturated heterocycles. The van der Waals surface area contributed by atoms with E-state index in [4.69, 9.17) is 0 Å². The van der Waals surface area contributed by atoms with Crippen molar-refractivity contribution in [3.63, 3.8) is 0 Å². The third-order valence-corrected chi connectivity index (χ3v) is 6.14. The number of allylic oxidation sites excluding steroid dienone is 1. The quantitative estimate of drug-likeness (QED) is 0.532. The van der Waals surface area contributed by atoms with Crippen molar-refractivity contribution >= 4 is 0 Å². The lowest BCUT2D eigenvalue weighted by molar-refractivity contribution is 0.171. The molecule has 0 aromatic heterocycles. The van der Waals surface area contributed by atoms with Gasteiger partial charge in [0, 0.05) is 0 Å². The smallest absolute Gasteiger partial charge is 0.0162 e. The summed E-state index contributed by atoms with van der Waals surface area (Å²) in [6.45, 7) is 6.15. The molecule has 122 valence electrons. The summed E-state index contributed by atoms with van der Waals surface area (Å²) in [7, 11) is 0. The van der Waals surface area contributed by atoms with Crippen LogP contribution in [0.1, 0.15) is 75.8 Å². The maximum Gasteiger partial charge on any atom is -0.0162 e. The van der Waals surface area contributed by atoms with Crippen LogP contribution in [0.4, 0.5) is 0 Å². The Bertz CT molecular complexity index is 439. The van der Waals surface area contributed by atoms with Crippen molar-refractivity contribution in [3.05, 3.63) is 48.0 Å². The van der Waals surface area contributed by atoms with Gasteiger partial charge in [-0.2, -0.15) is 0 Å². The molecule has 0 nitrogen and oxygen atoms in total. The molecule has 0 N–H and O–H groups in total. The number of benzene rings is 1. The molecule has 2 aliphatic carbocycles. The Morgan fingerprint density at radius 3 is 1.82 bits per heavy atom. The molecule has 2 aliphatic rings. The summed E-state index contributed by atoms with van der Waals surface area (Å²) in [6.07, 6.45) is 13.6. The fourth-order valence-electron chi connectivity index (χ4n) is 4.61. The van der Waals surface area contributed by atoms with Gasteiger partial charge in [0.2, 0.25) is 0 Å². The van der Waals surface area contributed by atoms with E-state index in [1.807, 2.05) is 0 Å². The van der Waals surface area contributed by atoms with Crippen molar-refractivity contribution in [1.82, 2.24) is 0 Å². The van der Waals surface area contributed by atoms with Crippen molar-refractivity contribution in [3.8, 4) is 0 Å². The van der Waals surface area contributed by atoms with Crippen molar-refractivity contribution < 1.29 is 0 Å². The second-order valence-electron chi connectivity index (χ2n) is 7.43. The standard InChI is InChI=1S/C21H30.CH4/c1-3-17-6-10-19(11-7-17)21-14-12-20(13-15-21)18-8-4-16(2)5-9-18;/h3-5,8-9,17,19-21H,1,6-7,10-15H2,2H3;1H4. The molecule has 0 atom stereocenters. The monoisotopic (exact) mass is 298 g/mol. The Morgan fingerprint density at radius 2 is 1.32 bits per heavy atom. The van der Waals surface area contributed by atoms with E-state index >= 15 is 0 Å². The lowest BCUT2D eigenvalue weighted by Gasteiger charge is -2.37. The van der Waals surface area contributed by atoms with Gasteiger partial charge in [0.1, 0.15) is 0 Å². The van der Waals surface area contributed by atoms with Crippen molar-refractivity contribution in [2.24, 2.45) is 17.8 Å². The lowest BCUT2D eigenvalue weighted by atomic mass is 9.68. The van der Waals surface area contributed by atoms with Crippen LogP contribution >= 0.6 is 0 Å². The highest BCUT2D eigenvalue weighted by Crippen LogP contribution is 2.43. The van der Waals surface area contributed by atoms with E-state index in [1.54, 1.807) is 5.56 Å². The number of rotatable bonds is 3. The topological polar surface area (TPSA) is 0 Å². The van der Waals surface area contributed by atoms with Gasteiger partial charge in [0.25, 0.3) is 0 Å². The second kappa shape index (κ2) is 7.99. The van der Waals surface area contributed by atoms with Gasteiger partial charge in [0.15, 0.2) is 0 Å². The largest absolute Gasteiger partial charge is 0.103 e. The minimum atomic E-state index is 0. The van der Waals surface area contributed by atoms with Gasteiger partial charge in [-0.15, -0.1) is 6.58 Å². The molecular weight excluding hydrogens is 264 g/mol. The van der Waals surface area contributed by atoms with Crippen molar-refractivity contribution in [2.45, 2.75) is 71.6 Å². The van der Waals surface area contributed by atoms with Crippen molar-refractivity contribution in [1.29, 1.82) is 0 Å². The highest BCUT2D eigenvalue weighted by molar-refractivity contribution is 5.24. The normalized spacial score (nSPS) is 32.0. The van der Waals surface area contributed by atoms with Gasteiger partial charge < -0.3 is 0 Å². The molecular formula is C22H34. The highest BCUT2D eigenvalue weighted by atomic mass is 14.4. The Balaban J connectivity index is 0.00000176. The predicted molar refractivity (Wildman–Crippen MR) is 98.3 cm³/mol. The average molecular weight is 299 g/mol. The van der Waals surface area contributed by atoms with Gasteiger partial charge in [0.05, 0.1) is 0 Å². The summed E-state index contributed by atoms with van der Waals surface area (Å²) >= 11 is 0. The first-order valence-corrected chi connectivity index (χ1v) is 8.95. The van der Waals surface area contributed by atoms with Crippen LogP contribution in [0.3, 0.4) is 0 Å². The number of hydrogen-bond donors (Lipinski definition) is 0. The first kappa shape index (κ1) is 17.3. The molecule has 0 aliphatic heterocycles. The molecule has 22 heavy (non-hydrogen) atoms. The van der Waals surface area contributed by atoms with E-state index < -0.39 is 0 Å². The zero-order valence-electron chi connectivity index (χ0n) is 13.6. The van der Waals surface area contributed by atoms with Crippen LogP contribution in [0.2, 0.25) is 0 Å². The molecule has 1 aromatic carbocycles. The van der Waals surface area contributed by atoms with Crippen LogP contribution in [0, 0.1) is 24.7 Å². The second-order valence-corrected chi connectivity index (χ2v) is 7.43. The van der Waals surface area contributed by atoms with Crippen LogP contribution in [0.5, 0.6) is 0 Å². The summed E-state index contributed by atoms with van der Waals surface area (Å²) < 4.78 is 0. The first-order valence-electron chi connectivity index (χ1n) is 8.95. The minimum Gasteiger partial charge on any atom is -0.103 e. The SMILES string of the molecule is C.C=CC1CCC(C2CCC(c3ccc(C)cc3)CC2)CC1. The summed E-state index contributed by atoms with van der Waals surface area (Å²) in [4.78, 5) is 0. The summed E-state index contributed by atoms with van der Waals surface area (Å²) in [5.41, 5.74) is 2.96. The fourth-order valence-corrected chi connectivity index (χ4v) is 4.61. The molecule has 2 saturated carbocycles. The maximum atomic E-state index is 3.97. The van der Waals surface area contributed by atoms with Crippen LogP contribution in [-0.4, -0.2) is 0 Å². The van der Waals surface area contributed by atoms with E-state index in [1.165, 1.54) is 56.9 Å². The lowest BCUT2D eigenvalue weighted by Crippen LogP contribution is -2.25. The number of aryl methyl sites for hydroxylation is 1. The van der Waals surface area contributed by atoms with E-state index in [0.29, 0.717) is 0 Å².